The first-order valence-corrected chi connectivity index (χ1v) is 8.23. The van der Waals surface area contributed by atoms with Gasteiger partial charge >= 0.3 is 6.09 Å². The number of nitrogens with zero attached hydrogens (tertiary/aromatic N) is 4. The molecule has 24 heavy (non-hydrogen) atoms. The van der Waals surface area contributed by atoms with Crippen molar-refractivity contribution in [3.05, 3.63) is 12.2 Å². The number of alkyl carbamates (subject to hydrolysis) is 1. The van der Waals surface area contributed by atoms with Crippen LogP contribution < -0.4 is 10.2 Å². The van der Waals surface area contributed by atoms with Crippen molar-refractivity contribution >= 4 is 23.1 Å². The van der Waals surface area contributed by atoms with Crippen molar-refractivity contribution in [3.8, 4) is 0 Å². The first kappa shape index (κ1) is 16.5. The molecule has 0 atom stereocenters. The van der Waals surface area contributed by atoms with Gasteiger partial charge in [-0.1, -0.05) is 0 Å². The molecule has 0 aromatic carbocycles. The summed E-state index contributed by atoms with van der Waals surface area (Å²) in [6.45, 7) is 9.11. The number of aromatic nitrogens is 4. The predicted molar refractivity (Wildman–Crippen MR) is 91.0 cm³/mol. The van der Waals surface area contributed by atoms with Crippen LogP contribution in [0.25, 0.3) is 11.2 Å². The largest absolute Gasteiger partial charge is 0.444 e. The Kier molecular flexibility index (Phi) is 4.29. The zero-order valence-corrected chi connectivity index (χ0v) is 14.6. The van der Waals surface area contributed by atoms with E-state index in [1.165, 1.54) is 0 Å². The highest BCUT2D eigenvalue weighted by atomic mass is 16.6. The number of nitrogens with one attached hydrogen (secondary N) is 2. The lowest BCUT2D eigenvalue weighted by Crippen LogP contribution is -2.46. The van der Waals surface area contributed by atoms with Gasteiger partial charge in [0, 0.05) is 19.1 Å². The Morgan fingerprint density at radius 2 is 2.04 bits per heavy atom. The molecule has 8 heteroatoms. The van der Waals surface area contributed by atoms with E-state index < -0.39 is 5.60 Å². The van der Waals surface area contributed by atoms with E-state index in [2.05, 4.69) is 30.2 Å². The average molecular weight is 332 g/mol. The van der Waals surface area contributed by atoms with E-state index in [4.69, 9.17) is 4.74 Å². The molecule has 130 valence electrons. The standard InChI is InChI=1S/C16H24N6O2/c1-10-19-12-13(20-10)17-9-18-14(12)22-7-5-11(6-8-22)21-15(23)24-16(2,3)4/h9,11H,5-8H2,1-4H3,(H,21,23)(H,17,18,19,20). The third-order valence-electron chi connectivity index (χ3n) is 3.90. The average Bonchev–Trinajstić information content (AvgIpc) is 2.86. The summed E-state index contributed by atoms with van der Waals surface area (Å²) < 4.78 is 5.31. The van der Waals surface area contributed by atoms with Crippen LogP contribution in [-0.4, -0.2) is 50.8 Å². The van der Waals surface area contributed by atoms with Gasteiger partial charge in [0.2, 0.25) is 0 Å². The molecule has 1 saturated heterocycles. The second-order valence-corrected chi connectivity index (χ2v) is 7.13. The number of H-pyrrole nitrogens is 1. The van der Waals surface area contributed by atoms with Crippen LogP contribution in [0.15, 0.2) is 6.33 Å². The van der Waals surface area contributed by atoms with Crippen molar-refractivity contribution in [2.24, 2.45) is 0 Å². The van der Waals surface area contributed by atoms with Gasteiger partial charge in [-0.15, -0.1) is 0 Å². The summed E-state index contributed by atoms with van der Waals surface area (Å²) in [7, 11) is 0. The molecule has 2 aromatic heterocycles. The van der Waals surface area contributed by atoms with E-state index in [1.807, 2.05) is 27.7 Å². The first-order chi connectivity index (χ1) is 11.3. The van der Waals surface area contributed by atoms with Crippen LogP contribution in [-0.2, 0) is 4.74 Å². The topological polar surface area (TPSA) is 96.0 Å². The number of ether oxygens (including phenoxy) is 1. The molecule has 0 bridgehead atoms. The molecule has 0 unspecified atom stereocenters. The van der Waals surface area contributed by atoms with Gasteiger partial charge < -0.3 is 19.9 Å². The smallest absolute Gasteiger partial charge is 0.407 e. The van der Waals surface area contributed by atoms with Crippen molar-refractivity contribution in [1.29, 1.82) is 0 Å². The zero-order chi connectivity index (χ0) is 17.3. The number of hydrogen-bond donors (Lipinski definition) is 2. The molecule has 1 fully saturated rings. The van der Waals surface area contributed by atoms with Crippen LogP contribution in [0.5, 0.6) is 0 Å². The number of amides is 1. The maximum atomic E-state index is 11.9. The van der Waals surface area contributed by atoms with Crippen LogP contribution >= 0.6 is 0 Å². The lowest BCUT2D eigenvalue weighted by molar-refractivity contribution is 0.0497. The molecule has 1 amide bonds. The second-order valence-electron chi connectivity index (χ2n) is 7.13. The first-order valence-electron chi connectivity index (χ1n) is 8.23. The Morgan fingerprint density at radius 1 is 1.33 bits per heavy atom. The third kappa shape index (κ3) is 3.74. The zero-order valence-electron chi connectivity index (χ0n) is 14.6. The van der Waals surface area contributed by atoms with E-state index in [0.29, 0.717) is 5.65 Å². The van der Waals surface area contributed by atoms with E-state index >= 15 is 0 Å². The van der Waals surface area contributed by atoms with Gasteiger partial charge in [0.1, 0.15) is 23.3 Å². The number of aromatic amines is 1. The van der Waals surface area contributed by atoms with Crippen molar-refractivity contribution in [2.45, 2.75) is 52.2 Å². The van der Waals surface area contributed by atoms with Gasteiger partial charge in [-0.25, -0.2) is 19.7 Å². The van der Waals surface area contributed by atoms with Crippen molar-refractivity contribution < 1.29 is 9.53 Å². The van der Waals surface area contributed by atoms with Gasteiger partial charge in [0.25, 0.3) is 0 Å². The maximum absolute atomic E-state index is 11.9. The lowest BCUT2D eigenvalue weighted by Gasteiger charge is -2.33. The van der Waals surface area contributed by atoms with Gasteiger partial charge in [0.05, 0.1) is 0 Å². The fourth-order valence-electron chi connectivity index (χ4n) is 2.88. The highest BCUT2D eigenvalue weighted by molar-refractivity contribution is 5.83. The molecule has 1 aliphatic rings. The number of anilines is 1. The highest BCUT2D eigenvalue weighted by Crippen LogP contribution is 2.24. The van der Waals surface area contributed by atoms with E-state index in [0.717, 1.165) is 43.1 Å². The maximum Gasteiger partial charge on any atom is 0.407 e. The molecular weight excluding hydrogens is 308 g/mol. The molecule has 0 saturated carbocycles. The second kappa shape index (κ2) is 6.26. The highest BCUT2D eigenvalue weighted by Gasteiger charge is 2.25. The van der Waals surface area contributed by atoms with E-state index in [9.17, 15) is 4.79 Å². The van der Waals surface area contributed by atoms with Gasteiger partial charge in [-0.05, 0) is 40.5 Å². The summed E-state index contributed by atoms with van der Waals surface area (Å²) in [5.41, 5.74) is 1.08. The minimum atomic E-state index is -0.476. The van der Waals surface area contributed by atoms with Crippen molar-refractivity contribution in [2.75, 3.05) is 18.0 Å². The summed E-state index contributed by atoms with van der Waals surface area (Å²) in [4.78, 5) is 30.3. The Balaban J connectivity index is 1.61. The van der Waals surface area contributed by atoms with Crippen LogP contribution in [0.3, 0.4) is 0 Å². The van der Waals surface area contributed by atoms with E-state index in [1.54, 1.807) is 6.33 Å². The summed E-state index contributed by atoms with van der Waals surface area (Å²) in [6, 6.07) is 0.122. The summed E-state index contributed by atoms with van der Waals surface area (Å²) in [6.07, 6.45) is 2.88. The molecule has 0 spiro atoms. The normalized spacial score (nSPS) is 16.4. The van der Waals surface area contributed by atoms with Gasteiger partial charge in [-0.3, -0.25) is 0 Å². The summed E-state index contributed by atoms with van der Waals surface area (Å²) >= 11 is 0. The van der Waals surface area contributed by atoms with Crippen LogP contribution in [0.1, 0.15) is 39.4 Å². The Morgan fingerprint density at radius 3 is 2.71 bits per heavy atom. The number of imidazole rings is 1. The van der Waals surface area contributed by atoms with Crippen molar-refractivity contribution in [1.82, 2.24) is 25.3 Å². The molecule has 3 rings (SSSR count). The minimum absolute atomic E-state index is 0.122. The number of carbonyl (C=O) groups is 1. The van der Waals surface area contributed by atoms with Gasteiger partial charge in [-0.2, -0.15) is 0 Å². The number of hydrogen-bond acceptors (Lipinski definition) is 6. The molecule has 0 radical (unpaired) electrons. The molecule has 8 nitrogen and oxygen atoms in total. The Labute approximate surface area is 141 Å². The monoisotopic (exact) mass is 332 g/mol. The minimum Gasteiger partial charge on any atom is -0.444 e. The Bertz CT molecular complexity index is 728. The van der Waals surface area contributed by atoms with Crippen LogP contribution in [0.2, 0.25) is 0 Å². The fourth-order valence-corrected chi connectivity index (χ4v) is 2.88. The molecule has 1 aliphatic heterocycles. The molecule has 2 aromatic rings. The van der Waals surface area contributed by atoms with Gasteiger partial charge in [0.15, 0.2) is 11.5 Å². The lowest BCUT2D eigenvalue weighted by atomic mass is 10.1. The molecule has 2 N–H and O–H groups in total. The number of aryl methyl sites for hydroxylation is 1. The third-order valence-corrected chi connectivity index (χ3v) is 3.90. The number of piperidine rings is 1. The number of fused-ring (bicyclic) bond motifs is 1. The molecular formula is C16H24N6O2. The van der Waals surface area contributed by atoms with Crippen LogP contribution in [0.4, 0.5) is 10.6 Å². The fraction of sp³-hybridized carbons (Fsp3) is 0.625. The van der Waals surface area contributed by atoms with Crippen molar-refractivity contribution in [3.63, 3.8) is 0 Å². The Hall–Kier alpha value is -2.38. The molecule has 0 aliphatic carbocycles. The summed E-state index contributed by atoms with van der Waals surface area (Å²) in [5, 5.41) is 2.95. The molecule has 3 heterocycles. The SMILES string of the molecule is Cc1nc2ncnc(N3CCC(NC(=O)OC(C)(C)C)CC3)c2[nH]1. The predicted octanol–water partition coefficient (Wildman–Crippen LogP) is 2.15. The van der Waals surface area contributed by atoms with Crippen LogP contribution in [0, 0.1) is 6.92 Å². The number of carbonyl (C=O) groups excluding carboxylic acids is 1. The quantitative estimate of drug-likeness (QED) is 0.875. The number of rotatable bonds is 2. The van der Waals surface area contributed by atoms with E-state index in [-0.39, 0.29) is 12.1 Å². The summed E-state index contributed by atoms with van der Waals surface area (Å²) in [5.74, 6) is 1.70.